The first-order valence-electron chi connectivity index (χ1n) is 5.08. The number of nitrogens with zero attached hydrogens (tertiary/aromatic N) is 1. The van der Waals surface area contributed by atoms with Crippen LogP contribution in [0.2, 0.25) is 0 Å². The van der Waals surface area contributed by atoms with Crippen molar-refractivity contribution < 1.29 is 13.9 Å². The van der Waals surface area contributed by atoms with E-state index in [0.29, 0.717) is 9.35 Å². The van der Waals surface area contributed by atoms with Crippen molar-refractivity contribution in [2.45, 2.75) is 13.8 Å². The van der Waals surface area contributed by atoms with Crippen molar-refractivity contribution in [2.75, 3.05) is 0 Å². The molecule has 0 radical (unpaired) electrons. The van der Waals surface area contributed by atoms with Crippen LogP contribution in [0.3, 0.4) is 0 Å². The first-order chi connectivity index (χ1) is 8.47. The van der Waals surface area contributed by atoms with Gasteiger partial charge in [0.1, 0.15) is 5.82 Å². The number of aryl methyl sites for hydroxylation is 1. The lowest BCUT2D eigenvalue weighted by Gasteiger charge is -2.03. The SMILES string of the molecule is CC(=O)Oc1nc(C)sc1-c1ccc(F)c(Br)c1. The predicted octanol–water partition coefficient (Wildman–Crippen LogP) is 3.95. The molecule has 0 fully saturated rings. The Hall–Kier alpha value is -1.27. The second-order valence-electron chi connectivity index (χ2n) is 3.59. The summed E-state index contributed by atoms with van der Waals surface area (Å²) in [5.74, 6) is -0.500. The number of carbonyl (C=O) groups excluding carboxylic acids is 1. The van der Waals surface area contributed by atoms with Gasteiger partial charge in [-0.25, -0.2) is 9.37 Å². The van der Waals surface area contributed by atoms with Gasteiger partial charge in [0, 0.05) is 6.92 Å². The summed E-state index contributed by atoms with van der Waals surface area (Å²) in [6, 6.07) is 4.61. The zero-order chi connectivity index (χ0) is 13.3. The Morgan fingerprint density at radius 1 is 1.50 bits per heavy atom. The lowest BCUT2D eigenvalue weighted by molar-refractivity contribution is -0.132. The van der Waals surface area contributed by atoms with Gasteiger partial charge in [0.2, 0.25) is 5.88 Å². The maximum atomic E-state index is 13.2. The highest BCUT2D eigenvalue weighted by atomic mass is 79.9. The smallest absolute Gasteiger partial charge is 0.309 e. The first kappa shape index (κ1) is 13.2. The largest absolute Gasteiger partial charge is 0.406 e. The van der Waals surface area contributed by atoms with Crippen molar-refractivity contribution in [1.82, 2.24) is 4.98 Å². The number of ether oxygens (including phenoxy) is 1. The number of rotatable bonds is 2. The van der Waals surface area contributed by atoms with Crippen molar-refractivity contribution in [3.8, 4) is 16.3 Å². The zero-order valence-corrected chi connectivity index (χ0v) is 12.1. The molecular weight excluding hydrogens is 321 g/mol. The molecule has 1 heterocycles. The van der Waals surface area contributed by atoms with Gasteiger partial charge < -0.3 is 4.74 Å². The number of benzene rings is 1. The third-order valence-corrected chi connectivity index (χ3v) is 3.73. The number of hydrogen-bond acceptors (Lipinski definition) is 4. The highest BCUT2D eigenvalue weighted by molar-refractivity contribution is 9.10. The molecule has 1 aromatic carbocycles. The summed E-state index contributed by atoms with van der Waals surface area (Å²) in [5.41, 5.74) is 0.755. The Balaban J connectivity index is 2.49. The molecule has 0 spiro atoms. The van der Waals surface area contributed by atoms with Gasteiger partial charge in [0.25, 0.3) is 0 Å². The minimum absolute atomic E-state index is 0.267. The molecule has 3 nitrogen and oxygen atoms in total. The Bertz CT molecular complexity index is 612. The van der Waals surface area contributed by atoms with Crippen LogP contribution in [0.15, 0.2) is 22.7 Å². The van der Waals surface area contributed by atoms with Gasteiger partial charge >= 0.3 is 5.97 Å². The zero-order valence-electron chi connectivity index (χ0n) is 9.66. The quantitative estimate of drug-likeness (QED) is 0.783. The van der Waals surface area contributed by atoms with E-state index in [2.05, 4.69) is 20.9 Å². The molecule has 0 aliphatic carbocycles. The third kappa shape index (κ3) is 2.76. The monoisotopic (exact) mass is 329 g/mol. The number of esters is 1. The lowest BCUT2D eigenvalue weighted by atomic mass is 10.2. The molecule has 94 valence electrons. The van der Waals surface area contributed by atoms with Gasteiger partial charge in [-0.15, -0.1) is 11.3 Å². The maximum absolute atomic E-state index is 13.2. The van der Waals surface area contributed by atoms with Gasteiger partial charge in [0.05, 0.1) is 14.4 Å². The summed E-state index contributed by atoms with van der Waals surface area (Å²) in [6.45, 7) is 3.14. The summed E-state index contributed by atoms with van der Waals surface area (Å²) in [5, 5.41) is 0.779. The van der Waals surface area contributed by atoms with E-state index in [0.717, 1.165) is 10.6 Å². The van der Waals surface area contributed by atoms with E-state index in [1.165, 1.54) is 24.3 Å². The van der Waals surface area contributed by atoms with Crippen molar-refractivity contribution in [1.29, 1.82) is 0 Å². The molecule has 1 aromatic heterocycles. The Labute approximate surface area is 116 Å². The van der Waals surface area contributed by atoms with E-state index in [-0.39, 0.29) is 11.7 Å². The fourth-order valence-electron chi connectivity index (χ4n) is 1.43. The van der Waals surface area contributed by atoms with Crippen LogP contribution < -0.4 is 4.74 Å². The normalized spacial score (nSPS) is 10.4. The minimum atomic E-state index is -0.428. The van der Waals surface area contributed by atoms with Crippen LogP contribution in [0.4, 0.5) is 4.39 Å². The molecule has 0 atom stereocenters. The second-order valence-corrected chi connectivity index (χ2v) is 5.65. The molecule has 0 N–H and O–H groups in total. The number of hydrogen-bond donors (Lipinski definition) is 0. The van der Waals surface area contributed by atoms with Crippen LogP contribution in [0.25, 0.3) is 10.4 Å². The third-order valence-electron chi connectivity index (χ3n) is 2.13. The van der Waals surface area contributed by atoms with Crippen molar-refractivity contribution >= 4 is 33.2 Å². The molecule has 0 saturated heterocycles. The average Bonchev–Trinajstić information content (AvgIpc) is 2.62. The molecule has 0 aliphatic rings. The molecule has 0 amide bonds. The number of aromatic nitrogens is 1. The molecule has 0 unspecified atom stereocenters. The lowest BCUT2D eigenvalue weighted by Crippen LogP contribution is -2.02. The first-order valence-corrected chi connectivity index (χ1v) is 6.69. The fraction of sp³-hybridized carbons (Fsp3) is 0.167. The van der Waals surface area contributed by atoms with Crippen molar-refractivity contribution in [2.24, 2.45) is 0 Å². The Morgan fingerprint density at radius 2 is 2.22 bits per heavy atom. The van der Waals surface area contributed by atoms with E-state index in [1.54, 1.807) is 12.1 Å². The van der Waals surface area contributed by atoms with E-state index >= 15 is 0 Å². The Morgan fingerprint density at radius 3 is 2.83 bits per heavy atom. The van der Waals surface area contributed by atoms with Gasteiger partial charge in [-0.3, -0.25) is 4.79 Å². The van der Waals surface area contributed by atoms with Crippen LogP contribution in [-0.2, 0) is 4.79 Å². The minimum Gasteiger partial charge on any atom is -0.406 e. The number of halogens is 2. The summed E-state index contributed by atoms with van der Waals surface area (Å²) in [6.07, 6.45) is 0. The highest BCUT2D eigenvalue weighted by Crippen LogP contribution is 2.37. The molecule has 0 bridgehead atoms. The van der Waals surface area contributed by atoms with Crippen LogP contribution in [-0.4, -0.2) is 11.0 Å². The Kier molecular flexibility index (Phi) is 3.77. The fourth-order valence-corrected chi connectivity index (χ4v) is 2.66. The van der Waals surface area contributed by atoms with Crippen molar-refractivity contribution in [3.05, 3.63) is 33.5 Å². The topological polar surface area (TPSA) is 39.2 Å². The van der Waals surface area contributed by atoms with Gasteiger partial charge in [0.15, 0.2) is 0 Å². The summed E-state index contributed by atoms with van der Waals surface area (Å²) < 4.78 is 18.6. The summed E-state index contributed by atoms with van der Waals surface area (Å²) >= 11 is 4.52. The molecule has 0 saturated carbocycles. The van der Waals surface area contributed by atoms with E-state index < -0.39 is 5.97 Å². The number of thiazole rings is 1. The van der Waals surface area contributed by atoms with E-state index in [9.17, 15) is 9.18 Å². The second kappa shape index (κ2) is 5.16. The van der Waals surface area contributed by atoms with Gasteiger partial charge in [-0.1, -0.05) is 6.07 Å². The highest BCUT2D eigenvalue weighted by Gasteiger charge is 2.15. The molecule has 2 aromatic rings. The van der Waals surface area contributed by atoms with Gasteiger partial charge in [-0.2, -0.15) is 0 Å². The molecule has 6 heteroatoms. The molecular formula is C12H9BrFNO2S. The van der Waals surface area contributed by atoms with Crippen LogP contribution in [0.1, 0.15) is 11.9 Å². The average molecular weight is 330 g/mol. The van der Waals surface area contributed by atoms with E-state index in [1.807, 2.05) is 6.92 Å². The molecule has 18 heavy (non-hydrogen) atoms. The van der Waals surface area contributed by atoms with Crippen LogP contribution in [0, 0.1) is 12.7 Å². The van der Waals surface area contributed by atoms with Crippen LogP contribution >= 0.6 is 27.3 Å². The van der Waals surface area contributed by atoms with Crippen LogP contribution in [0.5, 0.6) is 5.88 Å². The van der Waals surface area contributed by atoms with Crippen molar-refractivity contribution in [3.63, 3.8) is 0 Å². The predicted molar refractivity (Wildman–Crippen MR) is 71.3 cm³/mol. The standard InChI is InChI=1S/C12H9BrFNO2S/c1-6-15-12(17-7(2)16)11(18-6)8-3-4-10(14)9(13)5-8/h3-5H,1-2H3. The number of carbonyl (C=O) groups is 1. The van der Waals surface area contributed by atoms with E-state index in [4.69, 9.17) is 4.74 Å². The molecule has 2 rings (SSSR count). The van der Waals surface area contributed by atoms with Gasteiger partial charge in [-0.05, 0) is 40.5 Å². The maximum Gasteiger partial charge on any atom is 0.309 e. The summed E-state index contributed by atoms with van der Waals surface area (Å²) in [4.78, 5) is 15.9. The summed E-state index contributed by atoms with van der Waals surface area (Å²) in [7, 11) is 0. The molecule has 0 aliphatic heterocycles.